The molecule has 128 valence electrons. The highest BCUT2D eigenvalue weighted by atomic mass is 16.5. The lowest BCUT2D eigenvalue weighted by Gasteiger charge is -2.60. The van der Waals surface area contributed by atoms with Crippen LogP contribution in [0.2, 0.25) is 0 Å². The number of carbonyl (C=O) groups excluding carboxylic acids is 2. The number of methoxy groups -OCH3 is 1. The van der Waals surface area contributed by atoms with Crippen LogP contribution in [0.4, 0.5) is 4.79 Å². The standard InChI is InChI=1S/C19H24N2O3/c1-24-18(23)20-16-7-14(8-16)17(22)21-11-19(12-21)9-15(10-19)13-5-3-2-4-6-13/h2-6,14-16H,7-12H2,1H3,(H,20,23). The normalized spacial score (nSPS) is 27.6. The summed E-state index contributed by atoms with van der Waals surface area (Å²) in [5.41, 5.74) is 1.81. The lowest BCUT2D eigenvalue weighted by molar-refractivity contribution is -0.159. The van der Waals surface area contributed by atoms with Crippen molar-refractivity contribution >= 4 is 12.0 Å². The molecule has 1 aliphatic heterocycles. The van der Waals surface area contributed by atoms with E-state index in [-0.39, 0.29) is 17.9 Å². The number of carbonyl (C=O) groups is 2. The Hall–Kier alpha value is -2.04. The molecule has 1 aromatic rings. The fourth-order valence-corrected chi connectivity index (χ4v) is 4.55. The second-order valence-electron chi connectivity index (χ2n) is 7.71. The summed E-state index contributed by atoms with van der Waals surface area (Å²) >= 11 is 0. The summed E-state index contributed by atoms with van der Waals surface area (Å²) < 4.78 is 4.58. The van der Waals surface area contributed by atoms with E-state index in [0.29, 0.717) is 11.3 Å². The molecule has 2 amide bonds. The lowest BCUT2D eigenvalue weighted by atomic mass is 9.56. The van der Waals surface area contributed by atoms with Crippen LogP contribution in [-0.4, -0.2) is 43.1 Å². The lowest BCUT2D eigenvalue weighted by Crippen LogP contribution is -2.65. The average molecular weight is 328 g/mol. The number of nitrogens with zero attached hydrogens (tertiary/aromatic N) is 1. The first-order valence-electron chi connectivity index (χ1n) is 8.77. The van der Waals surface area contributed by atoms with Gasteiger partial charge in [-0.05, 0) is 37.2 Å². The second-order valence-corrected chi connectivity index (χ2v) is 7.71. The molecule has 3 fully saturated rings. The topological polar surface area (TPSA) is 58.6 Å². The summed E-state index contributed by atoms with van der Waals surface area (Å²) in [6.07, 6.45) is 3.49. The Kier molecular flexibility index (Phi) is 3.74. The Balaban J connectivity index is 1.20. The Morgan fingerprint density at radius 2 is 1.83 bits per heavy atom. The Morgan fingerprint density at radius 1 is 1.17 bits per heavy atom. The van der Waals surface area contributed by atoms with E-state index in [1.54, 1.807) is 0 Å². The van der Waals surface area contributed by atoms with Gasteiger partial charge in [0.15, 0.2) is 0 Å². The van der Waals surface area contributed by atoms with Crippen LogP contribution in [0.15, 0.2) is 30.3 Å². The van der Waals surface area contributed by atoms with Gasteiger partial charge in [-0.15, -0.1) is 0 Å². The molecule has 2 aliphatic carbocycles. The van der Waals surface area contributed by atoms with Gasteiger partial charge in [-0.1, -0.05) is 30.3 Å². The molecule has 2 saturated carbocycles. The predicted octanol–water partition coefficient (Wildman–Crippen LogP) is 2.53. The first-order chi connectivity index (χ1) is 11.6. The minimum atomic E-state index is -0.407. The molecular weight excluding hydrogens is 304 g/mol. The smallest absolute Gasteiger partial charge is 0.407 e. The molecule has 0 radical (unpaired) electrons. The molecule has 0 atom stereocenters. The maximum Gasteiger partial charge on any atom is 0.407 e. The highest BCUT2D eigenvalue weighted by Gasteiger charge is 2.55. The van der Waals surface area contributed by atoms with Gasteiger partial charge >= 0.3 is 6.09 Å². The molecule has 1 aromatic carbocycles. The quantitative estimate of drug-likeness (QED) is 0.927. The first-order valence-corrected chi connectivity index (χ1v) is 8.77. The van der Waals surface area contributed by atoms with Crippen LogP contribution in [0, 0.1) is 11.3 Å². The van der Waals surface area contributed by atoms with Gasteiger partial charge < -0.3 is 15.0 Å². The van der Waals surface area contributed by atoms with Gasteiger partial charge in [-0.3, -0.25) is 4.79 Å². The van der Waals surface area contributed by atoms with Crippen LogP contribution in [-0.2, 0) is 9.53 Å². The van der Waals surface area contributed by atoms with E-state index in [1.165, 1.54) is 25.5 Å². The maximum absolute atomic E-state index is 12.5. The first kappa shape index (κ1) is 15.5. The van der Waals surface area contributed by atoms with Crippen molar-refractivity contribution in [2.75, 3.05) is 20.2 Å². The van der Waals surface area contributed by atoms with Gasteiger partial charge in [0.2, 0.25) is 5.91 Å². The van der Waals surface area contributed by atoms with Crippen LogP contribution >= 0.6 is 0 Å². The Morgan fingerprint density at radius 3 is 2.46 bits per heavy atom. The molecule has 1 saturated heterocycles. The van der Waals surface area contributed by atoms with E-state index < -0.39 is 6.09 Å². The number of amides is 2. The van der Waals surface area contributed by atoms with Crippen molar-refractivity contribution in [1.82, 2.24) is 10.2 Å². The average Bonchev–Trinajstić information content (AvgIpc) is 2.48. The van der Waals surface area contributed by atoms with Crippen molar-refractivity contribution in [3.8, 4) is 0 Å². The summed E-state index contributed by atoms with van der Waals surface area (Å²) in [5, 5.41) is 2.76. The number of hydrogen-bond acceptors (Lipinski definition) is 3. The summed E-state index contributed by atoms with van der Waals surface area (Å²) in [4.78, 5) is 25.6. The summed E-state index contributed by atoms with van der Waals surface area (Å²) in [7, 11) is 1.36. The van der Waals surface area contributed by atoms with E-state index in [0.717, 1.165) is 25.9 Å². The van der Waals surface area contributed by atoms with Crippen LogP contribution in [0.5, 0.6) is 0 Å². The van der Waals surface area contributed by atoms with Crippen LogP contribution < -0.4 is 5.32 Å². The highest BCUT2D eigenvalue weighted by molar-refractivity contribution is 5.81. The van der Waals surface area contributed by atoms with Crippen molar-refractivity contribution < 1.29 is 14.3 Å². The SMILES string of the molecule is COC(=O)NC1CC(C(=O)N2CC3(CC(c4ccccc4)C3)C2)C1. The molecular formula is C19H24N2O3. The van der Waals surface area contributed by atoms with Crippen molar-refractivity contribution in [3.63, 3.8) is 0 Å². The van der Waals surface area contributed by atoms with E-state index >= 15 is 0 Å². The molecule has 24 heavy (non-hydrogen) atoms. The van der Waals surface area contributed by atoms with E-state index in [1.807, 2.05) is 4.90 Å². The van der Waals surface area contributed by atoms with Crippen molar-refractivity contribution in [1.29, 1.82) is 0 Å². The molecule has 5 heteroatoms. The van der Waals surface area contributed by atoms with Crippen LogP contribution in [0.3, 0.4) is 0 Å². The van der Waals surface area contributed by atoms with Gasteiger partial charge in [-0.2, -0.15) is 0 Å². The van der Waals surface area contributed by atoms with Gasteiger partial charge in [0, 0.05) is 30.5 Å². The largest absolute Gasteiger partial charge is 0.453 e. The number of alkyl carbamates (subject to hydrolysis) is 1. The number of likely N-dealkylation sites (tertiary alicyclic amines) is 1. The third-order valence-corrected chi connectivity index (χ3v) is 5.99. The number of ether oxygens (including phenoxy) is 1. The molecule has 5 nitrogen and oxygen atoms in total. The number of rotatable bonds is 3. The zero-order chi connectivity index (χ0) is 16.7. The molecule has 0 unspecified atom stereocenters. The van der Waals surface area contributed by atoms with Gasteiger partial charge in [0.1, 0.15) is 0 Å². The maximum atomic E-state index is 12.5. The highest BCUT2D eigenvalue weighted by Crippen LogP contribution is 2.56. The molecule has 4 rings (SSSR count). The van der Waals surface area contributed by atoms with E-state index in [4.69, 9.17) is 0 Å². The molecule has 1 heterocycles. The minimum Gasteiger partial charge on any atom is -0.453 e. The Bertz CT molecular complexity index is 625. The van der Waals surface area contributed by atoms with E-state index in [2.05, 4.69) is 40.4 Å². The van der Waals surface area contributed by atoms with Crippen molar-refractivity contribution in [3.05, 3.63) is 35.9 Å². The van der Waals surface area contributed by atoms with Gasteiger partial charge in [0.25, 0.3) is 0 Å². The van der Waals surface area contributed by atoms with Crippen LogP contribution in [0.1, 0.15) is 37.2 Å². The zero-order valence-corrected chi connectivity index (χ0v) is 14.0. The van der Waals surface area contributed by atoms with Gasteiger partial charge in [-0.25, -0.2) is 4.79 Å². The van der Waals surface area contributed by atoms with Crippen LogP contribution in [0.25, 0.3) is 0 Å². The third-order valence-electron chi connectivity index (χ3n) is 5.99. The van der Waals surface area contributed by atoms with Gasteiger partial charge in [0.05, 0.1) is 7.11 Å². The van der Waals surface area contributed by atoms with Crippen molar-refractivity contribution in [2.24, 2.45) is 11.3 Å². The third kappa shape index (κ3) is 2.66. The number of nitrogens with one attached hydrogen (secondary N) is 1. The molecule has 0 aromatic heterocycles. The summed E-state index contributed by atoms with van der Waals surface area (Å²) in [6.45, 7) is 1.83. The second kappa shape index (κ2) is 5.80. The molecule has 3 aliphatic rings. The zero-order valence-electron chi connectivity index (χ0n) is 14.0. The van der Waals surface area contributed by atoms with Crippen molar-refractivity contribution in [2.45, 2.75) is 37.6 Å². The summed E-state index contributed by atoms with van der Waals surface area (Å²) in [6, 6.07) is 10.8. The van der Waals surface area contributed by atoms with E-state index in [9.17, 15) is 9.59 Å². The monoisotopic (exact) mass is 328 g/mol. The fourth-order valence-electron chi connectivity index (χ4n) is 4.55. The molecule has 1 spiro atoms. The Labute approximate surface area is 142 Å². The summed E-state index contributed by atoms with van der Waals surface area (Å²) in [5.74, 6) is 1.02. The molecule has 0 bridgehead atoms. The number of hydrogen-bond donors (Lipinski definition) is 1. The predicted molar refractivity (Wildman–Crippen MR) is 89.5 cm³/mol. The fraction of sp³-hybridized carbons (Fsp3) is 0.579. The molecule has 1 N–H and O–H groups in total. The number of benzene rings is 1. The minimum absolute atomic E-state index is 0.0782.